The first kappa shape index (κ1) is 13.3. The fourth-order valence-corrected chi connectivity index (χ4v) is 2.82. The van der Waals surface area contributed by atoms with Gasteiger partial charge in [0, 0.05) is 26.2 Å². The van der Waals surface area contributed by atoms with Crippen LogP contribution >= 0.6 is 0 Å². The van der Waals surface area contributed by atoms with Gasteiger partial charge in [0.2, 0.25) is 0 Å². The molecule has 3 nitrogen and oxygen atoms in total. The summed E-state index contributed by atoms with van der Waals surface area (Å²) in [5.41, 5.74) is 0. The summed E-state index contributed by atoms with van der Waals surface area (Å²) in [6.45, 7) is 8.09. The Morgan fingerprint density at radius 1 is 1.06 bits per heavy atom. The average molecular weight is 240 g/mol. The summed E-state index contributed by atoms with van der Waals surface area (Å²) in [7, 11) is 0. The largest absolute Gasteiger partial charge is 0.381 e. The molecular formula is C14H28N2O. The quantitative estimate of drug-likeness (QED) is 0.743. The van der Waals surface area contributed by atoms with Gasteiger partial charge in [-0.2, -0.15) is 0 Å². The van der Waals surface area contributed by atoms with E-state index in [-0.39, 0.29) is 0 Å². The molecule has 0 bridgehead atoms. The molecule has 0 aromatic carbocycles. The third-order valence-corrected chi connectivity index (χ3v) is 4.01. The molecule has 2 saturated heterocycles. The lowest BCUT2D eigenvalue weighted by Gasteiger charge is -2.24. The van der Waals surface area contributed by atoms with Crippen LogP contribution in [0.15, 0.2) is 0 Å². The van der Waals surface area contributed by atoms with Gasteiger partial charge in [-0.1, -0.05) is 19.3 Å². The van der Waals surface area contributed by atoms with E-state index in [0.29, 0.717) is 0 Å². The van der Waals surface area contributed by atoms with Crippen molar-refractivity contribution < 1.29 is 4.74 Å². The van der Waals surface area contributed by atoms with E-state index in [1.54, 1.807) is 0 Å². The summed E-state index contributed by atoms with van der Waals surface area (Å²) in [6, 6.07) is 0. The smallest absolute Gasteiger partial charge is 0.0507 e. The zero-order valence-corrected chi connectivity index (χ0v) is 11.1. The van der Waals surface area contributed by atoms with E-state index in [2.05, 4.69) is 10.2 Å². The average Bonchev–Trinajstić information content (AvgIpc) is 2.79. The summed E-state index contributed by atoms with van der Waals surface area (Å²) >= 11 is 0. The Bertz CT molecular complexity index is 185. The third kappa shape index (κ3) is 5.36. The van der Waals surface area contributed by atoms with Gasteiger partial charge in [-0.25, -0.2) is 0 Å². The Kier molecular flexibility index (Phi) is 6.32. The number of likely N-dealkylation sites (tertiary alicyclic amines) is 1. The lowest BCUT2D eigenvalue weighted by atomic mass is 10.1. The molecule has 0 aliphatic carbocycles. The minimum absolute atomic E-state index is 0.766. The van der Waals surface area contributed by atoms with E-state index in [0.717, 1.165) is 32.2 Å². The molecule has 0 radical (unpaired) electrons. The molecule has 3 heteroatoms. The molecule has 17 heavy (non-hydrogen) atoms. The summed E-state index contributed by atoms with van der Waals surface area (Å²) in [4.78, 5) is 2.64. The number of ether oxygens (including phenoxy) is 1. The van der Waals surface area contributed by atoms with Crippen LogP contribution < -0.4 is 5.32 Å². The Balaban J connectivity index is 1.50. The molecular weight excluding hydrogens is 212 g/mol. The second-order valence-corrected chi connectivity index (χ2v) is 5.54. The van der Waals surface area contributed by atoms with E-state index in [4.69, 9.17) is 4.74 Å². The van der Waals surface area contributed by atoms with E-state index in [1.165, 1.54) is 58.2 Å². The predicted molar refractivity (Wildman–Crippen MR) is 71.3 cm³/mol. The highest BCUT2D eigenvalue weighted by molar-refractivity contribution is 4.68. The minimum atomic E-state index is 0.766. The van der Waals surface area contributed by atoms with Crippen molar-refractivity contribution in [1.82, 2.24) is 10.2 Å². The van der Waals surface area contributed by atoms with Crippen molar-refractivity contribution in [2.24, 2.45) is 5.92 Å². The number of hydrogen-bond acceptors (Lipinski definition) is 3. The van der Waals surface area contributed by atoms with Crippen molar-refractivity contribution in [2.75, 3.05) is 45.9 Å². The molecule has 2 aliphatic rings. The predicted octanol–water partition coefficient (Wildman–Crippen LogP) is 1.88. The highest BCUT2D eigenvalue weighted by Gasteiger charge is 2.14. The molecule has 0 aromatic heterocycles. The second-order valence-electron chi connectivity index (χ2n) is 5.54. The van der Waals surface area contributed by atoms with E-state index in [9.17, 15) is 0 Å². The van der Waals surface area contributed by atoms with Crippen molar-refractivity contribution in [3.05, 3.63) is 0 Å². The SMILES string of the molecule is C1CCCN(CCNCC2CCOC2)CCC1. The normalized spacial score (nSPS) is 27.9. The van der Waals surface area contributed by atoms with Crippen LogP contribution in [-0.2, 0) is 4.74 Å². The number of nitrogens with zero attached hydrogens (tertiary/aromatic N) is 1. The van der Waals surface area contributed by atoms with Crippen molar-refractivity contribution in [3.8, 4) is 0 Å². The zero-order valence-electron chi connectivity index (χ0n) is 11.1. The Morgan fingerprint density at radius 2 is 1.82 bits per heavy atom. The highest BCUT2D eigenvalue weighted by atomic mass is 16.5. The molecule has 1 atom stereocenters. The van der Waals surface area contributed by atoms with Gasteiger partial charge in [0.1, 0.15) is 0 Å². The number of hydrogen-bond donors (Lipinski definition) is 1. The molecule has 0 amide bonds. The highest BCUT2D eigenvalue weighted by Crippen LogP contribution is 2.11. The van der Waals surface area contributed by atoms with Crippen LogP contribution in [0.25, 0.3) is 0 Å². The zero-order chi connectivity index (χ0) is 11.8. The van der Waals surface area contributed by atoms with Crippen LogP contribution in [0, 0.1) is 5.92 Å². The minimum Gasteiger partial charge on any atom is -0.381 e. The topological polar surface area (TPSA) is 24.5 Å². The maximum absolute atomic E-state index is 5.38. The van der Waals surface area contributed by atoms with Gasteiger partial charge in [-0.3, -0.25) is 0 Å². The van der Waals surface area contributed by atoms with Gasteiger partial charge >= 0.3 is 0 Å². The first-order valence-corrected chi connectivity index (χ1v) is 7.46. The molecule has 1 unspecified atom stereocenters. The van der Waals surface area contributed by atoms with Crippen molar-refractivity contribution in [3.63, 3.8) is 0 Å². The van der Waals surface area contributed by atoms with E-state index < -0.39 is 0 Å². The summed E-state index contributed by atoms with van der Waals surface area (Å²) < 4.78 is 5.38. The fraction of sp³-hybridized carbons (Fsp3) is 1.00. The molecule has 100 valence electrons. The number of rotatable bonds is 5. The maximum Gasteiger partial charge on any atom is 0.0507 e. The molecule has 2 fully saturated rings. The van der Waals surface area contributed by atoms with Crippen LogP contribution in [0.1, 0.15) is 38.5 Å². The molecule has 2 heterocycles. The monoisotopic (exact) mass is 240 g/mol. The first-order chi connectivity index (χ1) is 8.45. The van der Waals surface area contributed by atoms with Crippen LogP contribution in [0.5, 0.6) is 0 Å². The molecule has 0 aromatic rings. The summed E-state index contributed by atoms with van der Waals surface area (Å²) in [5.74, 6) is 0.766. The van der Waals surface area contributed by atoms with Gasteiger partial charge in [0.15, 0.2) is 0 Å². The molecule has 0 saturated carbocycles. The van der Waals surface area contributed by atoms with Crippen LogP contribution in [0.4, 0.5) is 0 Å². The second kappa shape index (κ2) is 8.06. The standard InChI is InChI=1S/C14H28N2O/c1-2-4-8-16(9-5-3-1)10-7-15-12-14-6-11-17-13-14/h14-15H,1-13H2. The lowest BCUT2D eigenvalue weighted by molar-refractivity contribution is 0.184. The third-order valence-electron chi connectivity index (χ3n) is 4.01. The maximum atomic E-state index is 5.38. The van der Waals surface area contributed by atoms with Crippen molar-refractivity contribution in [2.45, 2.75) is 38.5 Å². The molecule has 0 spiro atoms. The van der Waals surface area contributed by atoms with Crippen LogP contribution in [0.3, 0.4) is 0 Å². The fourth-order valence-electron chi connectivity index (χ4n) is 2.82. The van der Waals surface area contributed by atoms with Crippen molar-refractivity contribution >= 4 is 0 Å². The Hall–Kier alpha value is -0.120. The van der Waals surface area contributed by atoms with Crippen LogP contribution in [0.2, 0.25) is 0 Å². The first-order valence-electron chi connectivity index (χ1n) is 7.46. The van der Waals surface area contributed by atoms with E-state index in [1.807, 2.05) is 0 Å². The summed E-state index contributed by atoms with van der Waals surface area (Å²) in [6.07, 6.45) is 8.37. The van der Waals surface area contributed by atoms with E-state index >= 15 is 0 Å². The van der Waals surface area contributed by atoms with Gasteiger partial charge in [0.05, 0.1) is 6.61 Å². The van der Waals surface area contributed by atoms with Gasteiger partial charge < -0.3 is 15.0 Å². The Labute approximate surface area is 106 Å². The molecule has 2 aliphatic heterocycles. The lowest BCUT2D eigenvalue weighted by Crippen LogP contribution is -2.36. The molecule has 2 rings (SSSR count). The number of nitrogens with one attached hydrogen (secondary N) is 1. The van der Waals surface area contributed by atoms with Crippen LogP contribution in [-0.4, -0.2) is 50.8 Å². The molecule has 1 N–H and O–H groups in total. The Morgan fingerprint density at radius 3 is 2.53 bits per heavy atom. The van der Waals surface area contributed by atoms with Gasteiger partial charge in [0.25, 0.3) is 0 Å². The summed E-state index contributed by atoms with van der Waals surface area (Å²) in [5, 5.41) is 3.59. The van der Waals surface area contributed by atoms with Crippen molar-refractivity contribution in [1.29, 1.82) is 0 Å². The van der Waals surface area contributed by atoms with Gasteiger partial charge in [-0.15, -0.1) is 0 Å². The van der Waals surface area contributed by atoms with Gasteiger partial charge in [-0.05, 0) is 38.3 Å².